The number of carbonyl (C=O) groups is 2. The topological polar surface area (TPSA) is 68.8 Å². The first-order chi connectivity index (χ1) is 13.7. The smallest absolute Gasteiger partial charge is 0.322 e. The molecule has 0 aliphatic carbocycles. The second-order valence-corrected chi connectivity index (χ2v) is 7.77. The number of aromatic nitrogens is 1. The van der Waals surface area contributed by atoms with E-state index in [9.17, 15) is 9.59 Å². The number of urea groups is 1. The van der Waals surface area contributed by atoms with Crippen molar-refractivity contribution in [2.45, 2.75) is 5.03 Å². The number of thioether (sulfide) groups is 1. The van der Waals surface area contributed by atoms with Crippen molar-refractivity contribution in [2.75, 3.05) is 54.8 Å². The minimum absolute atomic E-state index is 0.0173. The molecule has 3 heterocycles. The lowest BCUT2D eigenvalue weighted by Gasteiger charge is -2.36. The molecule has 0 bridgehead atoms. The standard InChI is InChI=1S/C20H23N5O2S/c26-18(24-11-9-23(10-12-24)16-5-2-1-3-6-16)15-22-20(27)25-13-14-28-19-17(25)7-4-8-21-19/h1-8H,9-15H2,(H,22,27). The van der Waals surface area contributed by atoms with Gasteiger partial charge in [0, 0.05) is 50.4 Å². The maximum absolute atomic E-state index is 12.6. The minimum atomic E-state index is -0.245. The Morgan fingerprint density at radius 1 is 1.00 bits per heavy atom. The Hall–Kier alpha value is -2.74. The van der Waals surface area contributed by atoms with Crippen LogP contribution in [0.4, 0.5) is 16.2 Å². The van der Waals surface area contributed by atoms with Gasteiger partial charge in [-0.3, -0.25) is 9.69 Å². The number of nitrogens with zero attached hydrogens (tertiary/aromatic N) is 4. The number of rotatable bonds is 3. The van der Waals surface area contributed by atoms with Crippen molar-refractivity contribution in [2.24, 2.45) is 0 Å². The maximum Gasteiger partial charge on any atom is 0.322 e. The van der Waals surface area contributed by atoms with Crippen LogP contribution in [0.5, 0.6) is 0 Å². The van der Waals surface area contributed by atoms with Crippen molar-refractivity contribution in [3.8, 4) is 0 Å². The summed E-state index contributed by atoms with van der Waals surface area (Å²) in [5, 5.41) is 3.63. The SMILES string of the molecule is O=C(CNC(=O)N1CCSc2ncccc21)N1CCN(c2ccccc2)CC1. The summed E-state index contributed by atoms with van der Waals surface area (Å²) in [6, 6.07) is 13.7. The van der Waals surface area contributed by atoms with Gasteiger partial charge in [-0.1, -0.05) is 18.2 Å². The molecule has 2 aromatic rings. The summed E-state index contributed by atoms with van der Waals surface area (Å²) in [6.07, 6.45) is 1.73. The van der Waals surface area contributed by atoms with E-state index < -0.39 is 0 Å². The molecule has 0 saturated carbocycles. The fourth-order valence-electron chi connectivity index (χ4n) is 3.48. The molecule has 146 valence electrons. The highest BCUT2D eigenvalue weighted by molar-refractivity contribution is 7.99. The zero-order valence-corrected chi connectivity index (χ0v) is 16.4. The molecule has 0 unspecified atom stereocenters. The summed E-state index contributed by atoms with van der Waals surface area (Å²) in [4.78, 5) is 35.2. The number of benzene rings is 1. The molecule has 4 rings (SSSR count). The summed E-state index contributed by atoms with van der Waals surface area (Å²) in [7, 11) is 0. The van der Waals surface area contributed by atoms with Gasteiger partial charge in [0.2, 0.25) is 5.91 Å². The lowest BCUT2D eigenvalue weighted by Crippen LogP contribution is -2.52. The van der Waals surface area contributed by atoms with E-state index in [2.05, 4.69) is 27.3 Å². The van der Waals surface area contributed by atoms with Crippen LogP contribution in [-0.2, 0) is 4.79 Å². The highest BCUT2D eigenvalue weighted by Crippen LogP contribution is 2.32. The minimum Gasteiger partial charge on any atom is -0.368 e. The van der Waals surface area contributed by atoms with Gasteiger partial charge in [0.05, 0.1) is 12.2 Å². The van der Waals surface area contributed by atoms with Crippen LogP contribution in [0.25, 0.3) is 0 Å². The highest BCUT2D eigenvalue weighted by atomic mass is 32.2. The van der Waals surface area contributed by atoms with Gasteiger partial charge in [-0.05, 0) is 24.3 Å². The summed E-state index contributed by atoms with van der Waals surface area (Å²) < 4.78 is 0. The number of amides is 3. The average Bonchev–Trinajstić information content (AvgIpc) is 2.77. The normalized spacial score (nSPS) is 16.5. The molecule has 3 amide bonds. The number of fused-ring (bicyclic) bond motifs is 1. The molecule has 28 heavy (non-hydrogen) atoms. The number of pyridine rings is 1. The van der Waals surface area contributed by atoms with E-state index in [0.717, 1.165) is 29.6 Å². The predicted octanol–water partition coefficient (Wildman–Crippen LogP) is 2.05. The Morgan fingerprint density at radius 3 is 2.57 bits per heavy atom. The third-order valence-corrected chi connectivity index (χ3v) is 5.96. The molecule has 1 saturated heterocycles. The van der Waals surface area contributed by atoms with E-state index in [1.807, 2.05) is 35.2 Å². The Morgan fingerprint density at radius 2 is 1.79 bits per heavy atom. The van der Waals surface area contributed by atoms with E-state index in [-0.39, 0.29) is 18.5 Å². The van der Waals surface area contributed by atoms with Crippen LogP contribution in [0.2, 0.25) is 0 Å². The van der Waals surface area contributed by atoms with Gasteiger partial charge in [-0.25, -0.2) is 9.78 Å². The van der Waals surface area contributed by atoms with Crippen molar-refractivity contribution < 1.29 is 9.59 Å². The van der Waals surface area contributed by atoms with Crippen molar-refractivity contribution in [3.05, 3.63) is 48.7 Å². The van der Waals surface area contributed by atoms with Gasteiger partial charge in [-0.15, -0.1) is 11.8 Å². The number of nitrogens with one attached hydrogen (secondary N) is 1. The number of hydrogen-bond acceptors (Lipinski definition) is 5. The molecule has 1 N–H and O–H groups in total. The van der Waals surface area contributed by atoms with E-state index in [0.29, 0.717) is 19.6 Å². The number of anilines is 2. The fraction of sp³-hybridized carbons (Fsp3) is 0.350. The van der Waals surface area contributed by atoms with Crippen molar-refractivity contribution in [1.29, 1.82) is 0 Å². The molecular formula is C20H23N5O2S. The Labute approximate surface area is 168 Å². The van der Waals surface area contributed by atoms with Gasteiger partial charge in [0.15, 0.2) is 0 Å². The first-order valence-corrected chi connectivity index (χ1v) is 10.4. The second kappa shape index (κ2) is 8.52. The monoisotopic (exact) mass is 397 g/mol. The second-order valence-electron chi connectivity index (χ2n) is 6.69. The number of para-hydroxylation sites is 1. The summed E-state index contributed by atoms with van der Waals surface area (Å²) in [5.74, 6) is 0.756. The van der Waals surface area contributed by atoms with Crippen LogP contribution in [0.3, 0.4) is 0 Å². The van der Waals surface area contributed by atoms with Crippen LogP contribution in [0, 0.1) is 0 Å². The predicted molar refractivity (Wildman–Crippen MR) is 111 cm³/mol. The maximum atomic E-state index is 12.6. The number of piperazine rings is 1. The van der Waals surface area contributed by atoms with Gasteiger partial charge >= 0.3 is 6.03 Å². The van der Waals surface area contributed by atoms with Crippen molar-refractivity contribution >= 4 is 35.1 Å². The first kappa shape index (κ1) is 18.6. The Balaban J connectivity index is 1.28. The summed E-state index contributed by atoms with van der Waals surface area (Å²) >= 11 is 1.64. The molecular weight excluding hydrogens is 374 g/mol. The molecule has 0 radical (unpaired) electrons. The fourth-order valence-corrected chi connectivity index (χ4v) is 4.40. The lowest BCUT2D eigenvalue weighted by molar-refractivity contribution is -0.130. The van der Waals surface area contributed by atoms with E-state index in [1.54, 1.807) is 22.9 Å². The van der Waals surface area contributed by atoms with Crippen molar-refractivity contribution in [3.63, 3.8) is 0 Å². The zero-order chi connectivity index (χ0) is 19.3. The van der Waals surface area contributed by atoms with Gasteiger partial charge < -0.3 is 15.1 Å². The van der Waals surface area contributed by atoms with E-state index in [4.69, 9.17) is 0 Å². The molecule has 7 nitrogen and oxygen atoms in total. The Bertz CT molecular complexity index is 839. The number of hydrogen-bond donors (Lipinski definition) is 1. The largest absolute Gasteiger partial charge is 0.368 e. The molecule has 8 heteroatoms. The molecule has 0 spiro atoms. The molecule has 1 aromatic carbocycles. The molecule has 2 aliphatic heterocycles. The quantitative estimate of drug-likeness (QED) is 0.859. The highest BCUT2D eigenvalue weighted by Gasteiger charge is 2.25. The Kier molecular flexibility index (Phi) is 5.66. The van der Waals surface area contributed by atoms with Gasteiger partial charge in [0.1, 0.15) is 5.03 Å². The third kappa shape index (κ3) is 4.06. The first-order valence-electron chi connectivity index (χ1n) is 9.43. The van der Waals surface area contributed by atoms with Crippen LogP contribution < -0.4 is 15.1 Å². The summed E-state index contributed by atoms with van der Waals surface area (Å²) in [5.41, 5.74) is 1.98. The zero-order valence-electron chi connectivity index (χ0n) is 15.6. The molecule has 0 atom stereocenters. The van der Waals surface area contributed by atoms with E-state index >= 15 is 0 Å². The van der Waals surface area contributed by atoms with Crippen LogP contribution in [0.1, 0.15) is 0 Å². The summed E-state index contributed by atoms with van der Waals surface area (Å²) in [6.45, 7) is 3.55. The van der Waals surface area contributed by atoms with Crippen LogP contribution >= 0.6 is 11.8 Å². The average molecular weight is 398 g/mol. The number of carbonyl (C=O) groups excluding carboxylic acids is 2. The van der Waals surface area contributed by atoms with Crippen LogP contribution in [-0.4, -0.2) is 66.8 Å². The van der Waals surface area contributed by atoms with E-state index in [1.165, 1.54) is 5.69 Å². The molecule has 2 aliphatic rings. The van der Waals surface area contributed by atoms with Gasteiger partial charge in [0.25, 0.3) is 0 Å². The third-order valence-electron chi connectivity index (χ3n) is 4.99. The lowest BCUT2D eigenvalue weighted by atomic mass is 10.2. The van der Waals surface area contributed by atoms with Gasteiger partial charge in [-0.2, -0.15) is 0 Å². The van der Waals surface area contributed by atoms with Crippen molar-refractivity contribution in [1.82, 2.24) is 15.2 Å². The molecule has 1 aromatic heterocycles. The van der Waals surface area contributed by atoms with Crippen LogP contribution in [0.15, 0.2) is 53.7 Å². The molecule has 1 fully saturated rings.